The first-order valence-electron chi connectivity index (χ1n) is 5.23. The first-order chi connectivity index (χ1) is 7.58. The number of hydrogen-bond donors (Lipinski definition) is 1. The lowest BCUT2D eigenvalue weighted by atomic mass is 10.2. The molecule has 0 aliphatic heterocycles. The molecule has 88 valence electrons. The van der Waals surface area contributed by atoms with Crippen molar-refractivity contribution in [3.8, 4) is 5.75 Å². The molecule has 0 fully saturated rings. The molecule has 1 atom stereocenters. The molecule has 0 saturated heterocycles. The van der Waals surface area contributed by atoms with Crippen LogP contribution in [0.15, 0.2) is 18.2 Å². The summed E-state index contributed by atoms with van der Waals surface area (Å²) >= 11 is 0. The fourth-order valence-electron chi connectivity index (χ4n) is 1.21. The van der Waals surface area contributed by atoms with E-state index in [1.807, 2.05) is 13.8 Å². The van der Waals surface area contributed by atoms with Crippen LogP contribution in [0, 0.1) is 0 Å². The maximum Gasteiger partial charge on any atom is 0.342 e. The van der Waals surface area contributed by atoms with Gasteiger partial charge in [0.1, 0.15) is 11.3 Å². The molecule has 0 heterocycles. The molecular weight excluding hydrogens is 206 g/mol. The van der Waals surface area contributed by atoms with Gasteiger partial charge in [-0.25, -0.2) is 4.79 Å². The zero-order valence-corrected chi connectivity index (χ0v) is 9.82. The molecule has 0 bridgehead atoms. The fraction of sp³-hybridized carbons (Fsp3) is 0.417. The van der Waals surface area contributed by atoms with Crippen LogP contribution >= 0.6 is 0 Å². The topological polar surface area (TPSA) is 61.5 Å². The van der Waals surface area contributed by atoms with Crippen LogP contribution < -0.4 is 10.5 Å². The molecule has 1 aromatic carbocycles. The highest BCUT2D eigenvalue weighted by molar-refractivity contribution is 5.93. The summed E-state index contributed by atoms with van der Waals surface area (Å²) in [5, 5.41) is 0. The lowest BCUT2D eigenvalue weighted by Gasteiger charge is -2.13. The van der Waals surface area contributed by atoms with Crippen molar-refractivity contribution in [3.05, 3.63) is 23.8 Å². The molecule has 1 rings (SSSR count). The third kappa shape index (κ3) is 2.89. The van der Waals surface area contributed by atoms with E-state index in [-0.39, 0.29) is 6.10 Å². The number of ether oxygens (including phenoxy) is 2. The molecule has 0 aromatic heterocycles. The number of nitrogens with two attached hydrogens (primary N) is 1. The third-order valence-electron chi connectivity index (χ3n) is 2.33. The van der Waals surface area contributed by atoms with E-state index in [0.29, 0.717) is 17.0 Å². The second-order valence-corrected chi connectivity index (χ2v) is 3.58. The quantitative estimate of drug-likeness (QED) is 0.628. The van der Waals surface area contributed by atoms with Crippen LogP contribution in [-0.2, 0) is 4.74 Å². The predicted molar refractivity (Wildman–Crippen MR) is 62.6 cm³/mol. The number of methoxy groups -OCH3 is 1. The van der Waals surface area contributed by atoms with Crippen LogP contribution in [0.4, 0.5) is 5.69 Å². The number of nitrogen functional groups attached to an aromatic ring is 1. The fourth-order valence-corrected chi connectivity index (χ4v) is 1.21. The summed E-state index contributed by atoms with van der Waals surface area (Å²) in [4.78, 5) is 11.8. The predicted octanol–water partition coefficient (Wildman–Crippen LogP) is 2.23. The van der Waals surface area contributed by atoms with Gasteiger partial charge in [0.2, 0.25) is 0 Å². The van der Waals surface area contributed by atoms with E-state index >= 15 is 0 Å². The average Bonchev–Trinajstić information content (AvgIpc) is 2.28. The van der Waals surface area contributed by atoms with Crippen LogP contribution in [0.2, 0.25) is 0 Å². The van der Waals surface area contributed by atoms with Crippen LogP contribution in [0.5, 0.6) is 5.75 Å². The van der Waals surface area contributed by atoms with E-state index in [9.17, 15) is 4.79 Å². The van der Waals surface area contributed by atoms with Crippen molar-refractivity contribution in [2.24, 2.45) is 0 Å². The van der Waals surface area contributed by atoms with Gasteiger partial charge in [-0.3, -0.25) is 0 Å². The van der Waals surface area contributed by atoms with Gasteiger partial charge in [0, 0.05) is 5.69 Å². The highest BCUT2D eigenvalue weighted by atomic mass is 16.5. The average molecular weight is 223 g/mol. The molecule has 0 aliphatic rings. The van der Waals surface area contributed by atoms with E-state index in [2.05, 4.69) is 0 Å². The molecule has 0 aliphatic carbocycles. The van der Waals surface area contributed by atoms with Gasteiger partial charge in [0.05, 0.1) is 13.2 Å². The van der Waals surface area contributed by atoms with Gasteiger partial charge in [0.15, 0.2) is 0 Å². The number of esters is 1. The normalized spacial score (nSPS) is 11.9. The zero-order chi connectivity index (χ0) is 12.1. The van der Waals surface area contributed by atoms with Gasteiger partial charge in [0.25, 0.3) is 0 Å². The minimum atomic E-state index is -0.404. The molecule has 4 nitrogen and oxygen atoms in total. The summed E-state index contributed by atoms with van der Waals surface area (Å²) in [6.07, 6.45) is 0.662. The first-order valence-corrected chi connectivity index (χ1v) is 5.23. The highest BCUT2D eigenvalue weighted by Crippen LogP contribution is 2.22. The van der Waals surface area contributed by atoms with Crippen LogP contribution in [0.1, 0.15) is 30.6 Å². The number of hydrogen-bond acceptors (Lipinski definition) is 4. The monoisotopic (exact) mass is 223 g/mol. The maximum atomic E-state index is 11.8. The standard InChI is InChI=1S/C12H17NO3/c1-4-8(2)16-12(14)10-7-9(13)5-6-11(10)15-3/h5-8H,4,13H2,1-3H3. The second-order valence-electron chi connectivity index (χ2n) is 3.58. The van der Waals surface area contributed by atoms with Crippen molar-refractivity contribution in [2.75, 3.05) is 12.8 Å². The molecule has 4 heteroatoms. The summed E-state index contributed by atoms with van der Waals surface area (Å²) < 4.78 is 10.3. The van der Waals surface area contributed by atoms with Gasteiger partial charge in [-0.2, -0.15) is 0 Å². The van der Waals surface area contributed by atoms with E-state index in [1.54, 1.807) is 18.2 Å². The van der Waals surface area contributed by atoms with Crippen molar-refractivity contribution in [2.45, 2.75) is 26.4 Å². The Morgan fingerprint density at radius 1 is 1.50 bits per heavy atom. The van der Waals surface area contributed by atoms with Crippen molar-refractivity contribution < 1.29 is 14.3 Å². The second kappa shape index (κ2) is 5.39. The van der Waals surface area contributed by atoms with E-state index < -0.39 is 5.97 Å². The Bertz CT molecular complexity index is 377. The summed E-state index contributed by atoms with van der Waals surface area (Å²) in [5.41, 5.74) is 6.49. The molecule has 1 unspecified atom stereocenters. The zero-order valence-electron chi connectivity index (χ0n) is 9.82. The largest absolute Gasteiger partial charge is 0.496 e. The van der Waals surface area contributed by atoms with Crippen LogP contribution in [0.3, 0.4) is 0 Å². The minimum Gasteiger partial charge on any atom is -0.496 e. The molecule has 0 radical (unpaired) electrons. The van der Waals surface area contributed by atoms with Crippen molar-refractivity contribution >= 4 is 11.7 Å². The molecule has 0 amide bonds. The van der Waals surface area contributed by atoms with Crippen molar-refractivity contribution in [3.63, 3.8) is 0 Å². The molecule has 1 aromatic rings. The van der Waals surface area contributed by atoms with Crippen molar-refractivity contribution in [1.29, 1.82) is 0 Å². The number of rotatable bonds is 4. The SMILES string of the molecule is CCC(C)OC(=O)c1cc(N)ccc1OC. The lowest BCUT2D eigenvalue weighted by Crippen LogP contribution is -2.15. The number of carbonyl (C=O) groups is 1. The Morgan fingerprint density at radius 2 is 2.19 bits per heavy atom. The smallest absolute Gasteiger partial charge is 0.342 e. The van der Waals surface area contributed by atoms with E-state index in [1.165, 1.54) is 7.11 Å². The van der Waals surface area contributed by atoms with Crippen LogP contribution in [0.25, 0.3) is 0 Å². The summed E-state index contributed by atoms with van der Waals surface area (Å²) in [7, 11) is 1.51. The molecule has 2 N–H and O–H groups in total. The Hall–Kier alpha value is -1.71. The van der Waals surface area contributed by atoms with Gasteiger partial charge < -0.3 is 15.2 Å². The van der Waals surface area contributed by atoms with Gasteiger partial charge in [-0.1, -0.05) is 6.92 Å². The van der Waals surface area contributed by atoms with Gasteiger partial charge in [-0.15, -0.1) is 0 Å². The van der Waals surface area contributed by atoms with Crippen molar-refractivity contribution in [1.82, 2.24) is 0 Å². The highest BCUT2D eigenvalue weighted by Gasteiger charge is 2.16. The Balaban J connectivity index is 2.93. The van der Waals surface area contributed by atoms with Crippen LogP contribution in [-0.4, -0.2) is 19.2 Å². The van der Waals surface area contributed by atoms with Gasteiger partial charge >= 0.3 is 5.97 Å². The van der Waals surface area contributed by atoms with E-state index in [0.717, 1.165) is 6.42 Å². The third-order valence-corrected chi connectivity index (χ3v) is 2.33. The number of anilines is 1. The maximum absolute atomic E-state index is 11.8. The lowest BCUT2D eigenvalue weighted by molar-refractivity contribution is 0.0331. The summed E-state index contributed by atoms with van der Waals surface area (Å²) in [5.74, 6) is 0.0704. The summed E-state index contributed by atoms with van der Waals surface area (Å²) in [6, 6.07) is 4.89. The molecule has 0 spiro atoms. The molecule has 0 saturated carbocycles. The molecular formula is C12H17NO3. The van der Waals surface area contributed by atoms with Gasteiger partial charge in [-0.05, 0) is 31.5 Å². The Labute approximate surface area is 95.3 Å². The molecule has 16 heavy (non-hydrogen) atoms. The van der Waals surface area contributed by atoms with E-state index in [4.69, 9.17) is 15.2 Å². The minimum absolute atomic E-state index is 0.112. The Morgan fingerprint density at radius 3 is 2.75 bits per heavy atom. The first kappa shape index (κ1) is 12.4. The Kier molecular flexibility index (Phi) is 4.17. The number of benzene rings is 1. The summed E-state index contributed by atoms with van der Waals surface area (Å²) in [6.45, 7) is 3.80. The number of carbonyl (C=O) groups excluding carboxylic acids is 1.